The van der Waals surface area contributed by atoms with Gasteiger partial charge in [-0.3, -0.25) is 9.52 Å². The van der Waals surface area contributed by atoms with Crippen molar-refractivity contribution in [2.75, 3.05) is 4.72 Å². The second-order valence-electron chi connectivity index (χ2n) is 4.12. The molecule has 100 valence electrons. The van der Waals surface area contributed by atoms with Gasteiger partial charge >= 0.3 is 0 Å². The average molecular weight is 279 g/mol. The van der Waals surface area contributed by atoms with E-state index >= 15 is 0 Å². The van der Waals surface area contributed by atoms with Gasteiger partial charge in [-0.15, -0.1) is 0 Å². The summed E-state index contributed by atoms with van der Waals surface area (Å²) in [6.07, 6.45) is 2.82. The second-order valence-corrected chi connectivity index (χ2v) is 5.75. The topological polar surface area (TPSA) is 81.1 Å². The quantitative estimate of drug-likeness (QED) is 0.858. The van der Waals surface area contributed by atoms with Gasteiger partial charge in [0.2, 0.25) is 0 Å². The van der Waals surface area contributed by atoms with E-state index in [0.717, 1.165) is 0 Å². The lowest BCUT2D eigenvalue weighted by atomic mass is 10.1. The van der Waals surface area contributed by atoms with Crippen LogP contribution in [-0.4, -0.2) is 23.8 Å². The number of nitrogens with zero attached hydrogens (tertiary/aromatic N) is 2. The van der Waals surface area contributed by atoms with E-state index in [-0.39, 0.29) is 10.8 Å². The molecule has 1 heterocycles. The molecular formula is C12H13N3O3S. The van der Waals surface area contributed by atoms with Gasteiger partial charge < -0.3 is 4.57 Å². The summed E-state index contributed by atoms with van der Waals surface area (Å²) in [4.78, 5) is 14.9. The van der Waals surface area contributed by atoms with E-state index in [4.69, 9.17) is 0 Å². The molecule has 19 heavy (non-hydrogen) atoms. The van der Waals surface area contributed by atoms with E-state index in [0.29, 0.717) is 11.3 Å². The second kappa shape index (κ2) is 4.85. The van der Waals surface area contributed by atoms with E-state index in [1.54, 1.807) is 23.7 Å². The summed E-state index contributed by atoms with van der Waals surface area (Å²) in [5.41, 5.74) is 0.913. The highest BCUT2D eigenvalue weighted by Crippen LogP contribution is 2.15. The fraction of sp³-hybridized carbons (Fsp3) is 0.167. The Kier molecular flexibility index (Phi) is 3.39. The van der Waals surface area contributed by atoms with Crippen molar-refractivity contribution in [3.8, 4) is 0 Å². The van der Waals surface area contributed by atoms with E-state index < -0.39 is 10.0 Å². The van der Waals surface area contributed by atoms with Gasteiger partial charge in [0.15, 0.2) is 10.8 Å². The number of sulfonamides is 1. The van der Waals surface area contributed by atoms with Crippen LogP contribution < -0.4 is 4.72 Å². The van der Waals surface area contributed by atoms with Crippen LogP contribution in [0.5, 0.6) is 0 Å². The van der Waals surface area contributed by atoms with Crippen molar-refractivity contribution in [3.05, 3.63) is 42.4 Å². The summed E-state index contributed by atoms with van der Waals surface area (Å²) in [7, 11) is -2.00. The molecule has 0 amide bonds. The van der Waals surface area contributed by atoms with Crippen molar-refractivity contribution in [1.29, 1.82) is 0 Å². The van der Waals surface area contributed by atoms with Crippen molar-refractivity contribution < 1.29 is 13.2 Å². The molecule has 7 heteroatoms. The van der Waals surface area contributed by atoms with Gasteiger partial charge in [-0.25, -0.2) is 4.98 Å². The SMILES string of the molecule is CC(=O)c1ccc(NS(=O)(=O)c2cn(C)cn2)cc1. The Labute approximate surface area is 111 Å². The summed E-state index contributed by atoms with van der Waals surface area (Å²) < 4.78 is 27.9. The zero-order chi connectivity index (χ0) is 14.0. The van der Waals surface area contributed by atoms with Crippen LogP contribution in [0.3, 0.4) is 0 Å². The number of carbonyl (C=O) groups excluding carboxylic acids is 1. The lowest BCUT2D eigenvalue weighted by molar-refractivity contribution is 0.101. The number of aromatic nitrogens is 2. The molecule has 1 aromatic carbocycles. The molecule has 0 saturated heterocycles. The van der Waals surface area contributed by atoms with Crippen LogP contribution in [0.25, 0.3) is 0 Å². The van der Waals surface area contributed by atoms with Crippen LogP contribution in [0.2, 0.25) is 0 Å². The predicted molar refractivity (Wildman–Crippen MR) is 70.5 cm³/mol. The smallest absolute Gasteiger partial charge is 0.280 e. The summed E-state index contributed by atoms with van der Waals surface area (Å²) in [6.45, 7) is 1.45. The maximum Gasteiger partial charge on any atom is 0.280 e. The average Bonchev–Trinajstić information content (AvgIpc) is 2.77. The van der Waals surface area contributed by atoms with Gasteiger partial charge in [0.1, 0.15) is 0 Å². The Bertz CT molecular complexity index is 702. The van der Waals surface area contributed by atoms with Gasteiger partial charge in [-0.05, 0) is 31.2 Å². The van der Waals surface area contributed by atoms with Crippen molar-refractivity contribution in [3.63, 3.8) is 0 Å². The molecule has 2 aromatic rings. The minimum atomic E-state index is -3.69. The van der Waals surface area contributed by atoms with E-state index in [9.17, 15) is 13.2 Å². The van der Waals surface area contributed by atoms with Crippen molar-refractivity contribution in [2.45, 2.75) is 11.9 Å². The number of ketones is 1. The summed E-state index contributed by atoms with van der Waals surface area (Å²) in [5, 5.41) is -0.0503. The van der Waals surface area contributed by atoms with Gasteiger partial charge in [0, 0.05) is 24.5 Å². The monoisotopic (exact) mass is 279 g/mol. The molecule has 0 aliphatic heterocycles. The minimum Gasteiger partial charge on any atom is -0.339 e. The number of nitrogens with one attached hydrogen (secondary N) is 1. The number of anilines is 1. The molecule has 0 fully saturated rings. The fourth-order valence-electron chi connectivity index (χ4n) is 1.51. The van der Waals surface area contributed by atoms with Gasteiger partial charge in [-0.2, -0.15) is 8.42 Å². The van der Waals surface area contributed by atoms with E-state index in [2.05, 4.69) is 9.71 Å². The molecule has 0 spiro atoms. The summed E-state index contributed by atoms with van der Waals surface area (Å²) in [6, 6.07) is 6.21. The maximum absolute atomic E-state index is 12.0. The zero-order valence-corrected chi connectivity index (χ0v) is 11.3. The first-order valence-electron chi connectivity index (χ1n) is 5.50. The maximum atomic E-state index is 12.0. The van der Waals surface area contributed by atoms with Gasteiger partial charge in [0.05, 0.1) is 6.33 Å². The fourth-order valence-corrected chi connectivity index (χ4v) is 2.55. The molecule has 1 N–H and O–H groups in total. The highest BCUT2D eigenvalue weighted by Gasteiger charge is 2.16. The molecule has 6 nitrogen and oxygen atoms in total. The van der Waals surface area contributed by atoms with Gasteiger partial charge in [0.25, 0.3) is 10.0 Å². The lowest BCUT2D eigenvalue weighted by Gasteiger charge is -2.06. The Morgan fingerprint density at radius 1 is 1.26 bits per heavy atom. The van der Waals surface area contributed by atoms with Crippen molar-refractivity contribution in [1.82, 2.24) is 9.55 Å². The third kappa shape index (κ3) is 3.00. The van der Waals surface area contributed by atoms with Gasteiger partial charge in [-0.1, -0.05) is 0 Å². The number of carbonyl (C=O) groups is 1. The normalized spacial score (nSPS) is 11.3. The first-order chi connectivity index (χ1) is 8.88. The molecule has 2 rings (SSSR count). The summed E-state index contributed by atoms with van der Waals surface area (Å²) >= 11 is 0. The zero-order valence-electron chi connectivity index (χ0n) is 10.5. The first-order valence-corrected chi connectivity index (χ1v) is 6.98. The predicted octanol–water partition coefficient (Wildman–Crippen LogP) is 1.42. The van der Waals surface area contributed by atoms with E-state index in [1.165, 1.54) is 31.6 Å². The summed E-state index contributed by atoms with van der Waals surface area (Å²) in [5.74, 6) is -0.0702. The highest BCUT2D eigenvalue weighted by molar-refractivity contribution is 7.92. The molecular weight excluding hydrogens is 266 g/mol. The standard InChI is InChI=1S/C12H13N3O3S/c1-9(16)10-3-5-11(6-4-10)14-19(17,18)12-7-15(2)8-13-12/h3-8,14H,1-2H3. The number of aryl methyl sites for hydroxylation is 1. The Balaban J connectivity index is 2.23. The van der Waals surface area contributed by atoms with Crippen LogP contribution in [0.1, 0.15) is 17.3 Å². The number of benzene rings is 1. The van der Waals surface area contributed by atoms with Crippen LogP contribution in [-0.2, 0) is 17.1 Å². The molecule has 0 aliphatic rings. The number of Topliss-reactive ketones (excluding diaryl/α,β-unsaturated/α-hetero) is 1. The Hall–Kier alpha value is -2.15. The molecule has 0 unspecified atom stereocenters. The first kappa shape index (κ1) is 13.3. The van der Waals surface area contributed by atoms with Crippen LogP contribution in [0.15, 0.2) is 41.8 Å². The molecule has 1 aromatic heterocycles. The van der Waals surface area contributed by atoms with Crippen molar-refractivity contribution in [2.24, 2.45) is 7.05 Å². The number of hydrogen-bond acceptors (Lipinski definition) is 4. The van der Waals surface area contributed by atoms with Crippen molar-refractivity contribution >= 4 is 21.5 Å². The minimum absolute atomic E-state index is 0.0503. The third-order valence-corrected chi connectivity index (χ3v) is 3.77. The molecule has 0 aliphatic carbocycles. The molecule has 0 bridgehead atoms. The largest absolute Gasteiger partial charge is 0.339 e. The lowest BCUT2D eigenvalue weighted by Crippen LogP contribution is -2.13. The third-order valence-electron chi connectivity index (χ3n) is 2.50. The molecule has 0 radical (unpaired) electrons. The molecule has 0 saturated carbocycles. The Morgan fingerprint density at radius 3 is 2.37 bits per heavy atom. The van der Waals surface area contributed by atoms with Crippen LogP contribution in [0.4, 0.5) is 5.69 Å². The number of rotatable bonds is 4. The van der Waals surface area contributed by atoms with Crippen LogP contribution >= 0.6 is 0 Å². The molecule has 0 atom stereocenters. The number of imidazole rings is 1. The Morgan fingerprint density at radius 2 is 1.89 bits per heavy atom. The van der Waals surface area contributed by atoms with Crippen LogP contribution in [0, 0.1) is 0 Å². The highest BCUT2D eigenvalue weighted by atomic mass is 32.2. The number of hydrogen-bond donors (Lipinski definition) is 1. The van der Waals surface area contributed by atoms with E-state index in [1.807, 2.05) is 0 Å².